The molecule has 0 aliphatic carbocycles. The Labute approximate surface area is 199 Å². The summed E-state index contributed by atoms with van der Waals surface area (Å²) in [7, 11) is -3.80. The second-order valence-corrected chi connectivity index (χ2v) is 10.8. The molecule has 1 fully saturated rings. The van der Waals surface area contributed by atoms with E-state index >= 15 is 0 Å². The van der Waals surface area contributed by atoms with Gasteiger partial charge in [-0.2, -0.15) is 4.98 Å². The fraction of sp³-hybridized carbons (Fsp3) is 0.217. The first-order valence-electron chi connectivity index (χ1n) is 10.8. The zero-order valence-electron chi connectivity index (χ0n) is 18.2. The van der Waals surface area contributed by atoms with Crippen LogP contribution in [0.2, 0.25) is 0 Å². The van der Waals surface area contributed by atoms with Crippen LogP contribution in [0.3, 0.4) is 0 Å². The fourth-order valence-corrected chi connectivity index (χ4v) is 6.89. The third kappa shape index (κ3) is 3.35. The van der Waals surface area contributed by atoms with Gasteiger partial charge in [0, 0.05) is 24.3 Å². The van der Waals surface area contributed by atoms with Crippen LogP contribution < -0.4 is 4.90 Å². The van der Waals surface area contributed by atoms with E-state index in [1.165, 1.54) is 35.9 Å². The Balaban J connectivity index is 1.62. The van der Waals surface area contributed by atoms with Gasteiger partial charge in [0.25, 0.3) is 0 Å². The van der Waals surface area contributed by atoms with Crippen LogP contribution in [0.1, 0.15) is 6.92 Å². The molecule has 0 bridgehead atoms. The van der Waals surface area contributed by atoms with Crippen LogP contribution >= 0.6 is 11.3 Å². The van der Waals surface area contributed by atoms with Gasteiger partial charge < -0.3 is 9.64 Å². The molecule has 1 aromatic carbocycles. The summed E-state index contributed by atoms with van der Waals surface area (Å²) in [5.74, 6) is 1.08. The first-order valence-corrected chi connectivity index (χ1v) is 13.1. The van der Waals surface area contributed by atoms with E-state index in [9.17, 15) is 8.42 Å². The maximum Gasteiger partial charge on any atom is 0.238 e. The molecular formula is C23H20N6O3S2. The number of morpholine rings is 1. The van der Waals surface area contributed by atoms with E-state index in [4.69, 9.17) is 14.7 Å². The third-order valence-electron chi connectivity index (χ3n) is 5.91. The molecule has 0 unspecified atom stereocenters. The fourth-order valence-electron chi connectivity index (χ4n) is 4.17. The zero-order valence-corrected chi connectivity index (χ0v) is 19.8. The minimum absolute atomic E-state index is 0.0848. The summed E-state index contributed by atoms with van der Waals surface area (Å²) in [5.41, 5.74) is 2.05. The number of hydrogen-bond donors (Lipinski definition) is 0. The summed E-state index contributed by atoms with van der Waals surface area (Å²) >= 11 is 1.34. The Bertz CT molecular complexity index is 1610. The molecule has 0 spiro atoms. The summed E-state index contributed by atoms with van der Waals surface area (Å²) < 4.78 is 35.2. The van der Waals surface area contributed by atoms with Gasteiger partial charge in [0.1, 0.15) is 16.7 Å². The van der Waals surface area contributed by atoms with E-state index in [0.29, 0.717) is 37.0 Å². The van der Waals surface area contributed by atoms with Crippen molar-refractivity contribution in [3.8, 4) is 5.95 Å². The molecule has 0 N–H and O–H groups in total. The smallest absolute Gasteiger partial charge is 0.238 e. The highest BCUT2D eigenvalue weighted by atomic mass is 32.2. The van der Waals surface area contributed by atoms with Crippen LogP contribution in [0, 0.1) is 0 Å². The van der Waals surface area contributed by atoms with Gasteiger partial charge in [0.05, 0.1) is 39.9 Å². The third-order valence-corrected chi connectivity index (χ3v) is 8.81. The van der Waals surface area contributed by atoms with E-state index in [1.807, 2.05) is 24.3 Å². The summed E-state index contributed by atoms with van der Waals surface area (Å²) in [4.78, 5) is 20.6. The summed E-state index contributed by atoms with van der Waals surface area (Å²) in [6.07, 6.45) is 4.61. The van der Waals surface area contributed by atoms with Crippen molar-refractivity contribution in [3.63, 3.8) is 0 Å². The summed E-state index contributed by atoms with van der Waals surface area (Å²) in [6, 6.07) is 10.8. The molecule has 1 atom stereocenters. The van der Waals surface area contributed by atoms with Crippen LogP contribution in [0.5, 0.6) is 0 Å². The Hall–Kier alpha value is -3.41. The standard InChI is InChI=1S/C23H20N6O3S2/c1-15-12-32-11-10-28(15)22-21-20(19(13-33-21)34(30,31)16-6-8-24-9-7-16)26-23(27-22)29-14-25-17-4-2-3-5-18(17)29/h2-9,13-15H,10-12H2,1H3/t15-/m1/s1. The topological polar surface area (TPSA) is 103 Å². The molecule has 1 aliphatic heterocycles. The maximum absolute atomic E-state index is 13.5. The predicted octanol–water partition coefficient (Wildman–Crippen LogP) is 3.48. The van der Waals surface area contributed by atoms with Gasteiger partial charge in [-0.1, -0.05) is 12.1 Å². The van der Waals surface area contributed by atoms with Gasteiger partial charge in [-0.05, 0) is 31.2 Å². The second kappa shape index (κ2) is 8.12. The van der Waals surface area contributed by atoms with E-state index in [-0.39, 0.29) is 15.8 Å². The minimum atomic E-state index is -3.80. The van der Waals surface area contributed by atoms with Crippen LogP contribution in [0.25, 0.3) is 27.2 Å². The highest BCUT2D eigenvalue weighted by Gasteiger charge is 2.29. The van der Waals surface area contributed by atoms with Gasteiger partial charge in [-0.15, -0.1) is 11.3 Å². The van der Waals surface area contributed by atoms with Gasteiger partial charge in [0.2, 0.25) is 15.8 Å². The number of aromatic nitrogens is 5. The lowest BCUT2D eigenvalue weighted by Gasteiger charge is -2.34. The average molecular weight is 493 g/mol. The number of anilines is 1. The van der Waals surface area contributed by atoms with Crippen molar-refractivity contribution in [1.29, 1.82) is 0 Å². The second-order valence-electron chi connectivity index (χ2n) is 8.03. The monoisotopic (exact) mass is 492 g/mol. The van der Waals surface area contributed by atoms with Crippen LogP contribution in [0.15, 0.2) is 70.3 Å². The summed E-state index contributed by atoms with van der Waals surface area (Å²) in [6.45, 7) is 3.87. The number of ether oxygens (including phenoxy) is 1. The number of para-hydroxylation sites is 2. The van der Waals surface area contributed by atoms with Crippen molar-refractivity contribution in [2.24, 2.45) is 0 Å². The lowest BCUT2D eigenvalue weighted by molar-refractivity contribution is 0.0987. The van der Waals surface area contributed by atoms with Crippen LogP contribution in [0.4, 0.5) is 5.82 Å². The molecule has 6 rings (SSSR count). The molecule has 0 radical (unpaired) electrons. The van der Waals surface area contributed by atoms with Gasteiger partial charge in [0.15, 0.2) is 5.82 Å². The lowest BCUT2D eigenvalue weighted by atomic mass is 10.2. The number of sulfone groups is 1. The lowest BCUT2D eigenvalue weighted by Crippen LogP contribution is -2.44. The number of nitrogens with zero attached hydrogens (tertiary/aromatic N) is 6. The molecule has 1 aliphatic rings. The van der Waals surface area contributed by atoms with Crippen molar-refractivity contribution in [2.75, 3.05) is 24.7 Å². The Morgan fingerprint density at radius 2 is 1.94 bits per heavy atom. The van der Waals surface area contributed by atoms with Gasteiger partial charge in [-0.3, -0.25) is 9.55 Å². The Morgan fingerprint density at radius 3 is 2.76 bits per heavy atom. The molecule has 11 heteroatoms. The number of fused-ring (bicyclic) bond motifs is 2. The average Bonchev–Trinajstić information content (AvgIpc) is 3.49. The van der Waals surface area contributed by atoms with Gasteiger partial charge in [-0.25, -0.2) is 18.4 Å². The Morgan fingerprint density at radius 1 is 1.12 bits per heavy atom. The number of benzene rings is 1. The number of pyridine rings is 1. The Kier molecular flexibility index (Phi) is 5.05. The van der Waals surface area contributed by atoms with E-state index < -0.39 is 9.84 Å². The zero-order chi connectivity index (χ0) is 23.3. The van der Waals surface area contributed by atoms with Crippen molar-refractivity contribution in [3.05, 3.63) is 60.5 Å². The predicted molar refractivity (Wildman–Crippen MR) is 129 cm³/mol. The number of rotatable bonds is 4. The van der Waals surface area contributed by atoms with Crippen molar-refractivity contribution < 1.29 is 13.2 Å². The number of imidazole rings is 1. The van der Waals surface area contributed by atoms with Crippen LogP contribution in [-0.4, -0.2) is 58.7 Å². The molecule has 5 aromatic rings. The summed E-state index contributed by atoms with van der Waals surface area (Å²) in [5, 5.41) is 1.65. The van der Waals surface area contributed by atoms with Crippen molar-refractivity contribution in [2.45, 2.75) is 22.8 Å². The normalized spacial score (nSPS) is 17.0. The molecule has 0 amide bonds. The van der Waals surface area contributed by atoms with E-state index in [2.05, 4.69) is 21.8 Å². The van der Waals surface area contributed by atoms with Crippen molar-refractivity contribution in [1.82, 2.24) is 24.5 Å². The van der Waals surface area contributed by atoms with Crippen molar-refractivity contribution >= 4 is 48.2 Å². The largest absolute Gasteiger partial charge is 0.377 e. The number of thiophene rings is 1. The van der Waals surface area contributed by atoms with Crippen LogP contribution in [-0.2, 0) is 14.6 Å². The molecule has 172 valence electrons. The SMILES string of the molecule is C[C@@H]1COCCN1c1nc(-n2cnc3ccccc32)nc2c(S(=O)(=O)c3ccncc3)csc12. The minimum Gasteiger partial charge on any atom is -0.377 e. The first-order chi connectivity index (χ1) is 16.5. The highest BCUT2D eigenvalue weighted by Crippen LogP contribution is 2.38. The van der Waals surface area contributed by atoms with E-state index in [1.54, 1.807) is 16.3 Å². The molecule has 9 nitrogen and oxygen atoms in total. The molecule has 34 heavy (non-hydrogen) atoms. The highest BCUT2D eigenvalue weighted by molar-refractivity contribution is 7.92. The van der Waals surface area contributed by atoms with E-state index in [0.717, 1.165) is 15.7 Å². The van der Waals surface area contributed by atoms with Gasteiger partial charge >= 0.3 is 0 Å². The molecular weight excluding hydrogens is 472 g/mol. The molecule has 0 saturated carbocycles. The maximum atomic E-state index is 13.5. The first kappa shape index (κ1) is 21.1. The molecule has 4 aromatic heterocycles. The molecule has 1 saturated heterocycles. The quantitative estimate of drug-likeness (QED) is 0.376. The number of hydrogen-bond acceptors (Lipinski definition) is 9. The molecule has 5 heterocycles.